The monoisotopic (exact) mass is 305 g/mol. The molecule has 0 aliphatic carbocycles. The summed E-state index contributed by atoms with van der Waals surface area (Å²) in [5, 5.41) is 3.18. The number of nitrogens with one attached hydrogen (secondary N) is 1. The molecule has 0 saturated carbocycles. The molecule has 0 amide bonds. The van der Waals surface area contributed by atoms with Gasteiger partial charge in [0.25, 0.3) is 0 Å². The van der Waals surface area contributed by atoms with Crippen LogP contribution < -0.4 is 5.32 Å². The van der Waals surface area contributed by atoms with E-state index in [1.807, 2.05) is 0 Å². The number of alkyl halides is 1. The third-order valence-corrected chi connectivity index (χ3v) is 4.98. The fraction of sp³-hybridized carbons (Fsp3) is 0.538. The summed E-state index contributed by atoms with van der Waals surface area (Å²) in [7, 11) is -1.61. The van der Waals surface area contributed by atoms with Crippen LogP contribution in [0.2, 0.25) is 0 Å². The quantitative estimate of drug-likeness (QED) is 0.750. The molecule has 0 bridgehead atoms. The average molecular weight is 306 g/mol. The second-order valence-corrected chi connectivity index (χ2v) is 6.73. The van der Waals surface area contributed by atoms with E-state index in [0.717, 1.165) is 6.42 Å². The van der Waals surface area contributed by atoms with Crippen molar-refractivity contribution >= 4 is 27.1 Å². The number of hydrogen-bond acceptors (Lipinski definition) is 4. The molecule has 1 N–H and O–H groups in total. The first-order valence-corrected chi connectivity index (χ1v) is 8.37. The van der Waals surface area contributed by atoms with Gasteiger partial charge < -0.3 is 10.1 Å². The number of halogens is 1. The molecule has 0 saturated heterocycles. The lowest BCUT2D eigenvalue weighted by Crippen LogP contribution is -2.24. The van der Waals surface area contributed by atoms with Gasteiger partial charge in [-0.1, -0.05) is 19.1 Å². The number of benzene rings is 1. The van der Waals surface area contributed by atoms with Crippen molar-refractivity contribution in [2.75, 3.05) is 30.7 Å². The highest BCUT2D eigenvalue weighted by Gasteiger charge is 2.17. The van der Waals surface area contributed by atoms with Crippen LogP contribution in [0.15, 0.2) is 29.2 Å². The fourth-order valence-corrected chi connectivity index (χ4v) is 2.97. The van der Waals surface area contributed by atoms with Crippen molar-refractivity contribution < 1.29 is 13.2 Å². The van der Waals surface area contributed by atoms with E-state index in [9.17, 15) is 8.42 Å². The lowest BCUT2D eigenvalue weighted by Gasteiger charge is -2.19. The average Bonchev–Trinajstić information content (AvgIpc) is 2.43. The van der Waals surface area contributed by atoms with Crippen LogP contribution in [0.3, 0.4) is 0 Å². The molecule has 19 heavy (non-hydrogen) atoms. The molecule has 4 nitrogen and oxygen atoms in total. The molecular formula is C13H20ClNO3S. The predicted molar refractivity (Wildman–Crippen MR) is 78.8 cm³/mol. The number of para-hydroxylation sites is 1. The summed E-state index contributed by atoms with van der Waals surface area (Å²) in [5.41, 5.74) is 0.603. The maximum atomic E-state index is 12.0. The molecular weight excluding hydrogens is 286 g/mol. The van der Waals surface area contributed by atoms with Crippen LogP contribution in [0.25, 0.3) is 0 Å². The molecule has 0 aromatic heterocycles. The van der Waals surface area contributed by atoms with Crippen LogP contribution in [-0.4, -0.2) is 39.8 Å². The molecule has 0 radical (unpaired) electrons. The fourth-order valence-electron chi connectivity index (χ4n) is 1.68. The van der Waals surface area contributed by atoms with Gasteiger partial charge in [-0.15, -0.1) is 11.6 Å². The van der Waals surface area contributed by atoms with E-state index in [1.165, 1.54) is 0 Å². The van der Waals surface area contributed by atoms with Crippen LogP contribution in [-0.2, 0) is 14.6 Å². The Kier molecular flexibility index (Phi) is 6.62. The molecule has 1 atom stereocenters. The third kappa shape index (κ3) is 4.67. The summed E-state index contributed by atoms with van der Waals surface area (Å²) in [6.45, 7) is 2.21. The van der Waals surface area contributed by atoms with Crippen LogP contribution in [0.4, 0.5) is 5.69 Å². The van der Waals surface area contributed by atoms with Gasteiger partial charge in [0.1, 0.15) is 0 Å². The molecule has 0 spiro atoms. The van der Waals surface area contributed by atoms with Gasteiger partial charge in [0, 0.05) is 25.6 Å². The van der Waals surface area contributed by atoms with Crippen LogP contribution in [0, 0.1) is 0 Å². The normalized spacial score (nSPS) is 13.2. The minimum atomic E-state index is -3.24. The first-order chi connectivity index (χ1) is 9.05. The van der Waals surface area contributed by atoms with Crippen molar-refractivity contribution in [2.24, 2.45) is 0 Å². The van der Waals surface area contributed by atoms with E-state index in [4.69, 9.17) is 16.3 Å². The molecule has 108 valence electrons. The zero-order chi connectivity index (χ0) is 14.3. The summed E-state index contributed by atoms with van der Waals surface area (Å²) in [5.74, 6) is 0.471. The van der Waals surface area contributed by atoms with Gasteiger partial charge in [0.2, 0.25) is 0 Å². The molecule has 1 aromatic carbocycles. The number of rotatable bonds is 8. The Morgan fingerprint density at radius 3 is 2.63 bits per heavy atom. The molecule has 0 aliphatic heterocycles. The lowest BCUT2D eigenvalue weighted by molar-refractivity contribution is 0.191. The largest absolute Gasteiger partial charge is 0.385 e. The van der Waals surface area contributed by atoms with Crippen molar-refractivity contribution in [1.29, 1.82) is 0 Å². The highest BCUT2D eigenvalue weighted by atomic mass is 35.5. The highest BCUT2D eigenvalue weighted by Crippen LogP contribution is 2.23. The van der Waals surface area contributed by atoms with Gasteiger partial charge in [-0.25, -0.2) is 8.42 Å². The molecule has 1 aromatic rings. The standard InChI is InChI=1S/C13H20ClNO3S/c1-3-19(16,17)13-7-5-4-6-12(13)15-11(10-14)8-9-18-2/h4-7,11,15H,3,8-10H2,1-2H3. The molecule has 0 fully saturated rings. The number of ether oxygens (including phenoxy) is 1. The summed E-state index contributed by atoms with van der Waals surface area (Å²) < 4.78 is 29.0. The Bertz CT molecular complexity index is 490. The van der Waals surface area contributed by atoms with E-state index in [-0.39, 0.29) is 11.8 Å². The zero-order valence-corrected chi connectivity index (χ0v) is 12.8. The number of sulfone groups is 1. The summed E-state index contributed by atoms with van der Waals surface area (Å²) in [6.07, 6.45) is 0.723. The minimum absolute atomic E-state index is 0.0187. The smallest absolute Gasteiger partial charge is 0.180 e. The first-order valence-electron chi connectivity index (χ1n) is 6.18. The van der Waals surface area contributed by atoms with Crippen molar-refractivity contribution in [2.45, 2.75) is 24.3 Å². The minimum Gasteiger partial charge on any atom is -0.385 e. The number of anilines is 1. The van der Waals surface area contributed by atoms with Crippen LogP contribution in [0.1, 0.15) is 13.3 Å². The molecule has 1 unspecified atom stereocenters. The van der Waals surface area contributed by atoms with Crippen molar-refractivity contribution in [3.8, 4) is 0 Å². The molecule has 0 heterocycles. The van der Waals surface area contributed by atoms with Gasteiger partial charge in [-0.2, -0.15) is 0 Å². The van der Waals surface area contributed by atoms with Crippen LogP contribution >= 0.6 is 11.6 Å². The van der Waals surface area contributed by atoms with Gasteiger partial charge in [-0.05, 0) is 18.6 Å². The SMILES string of the molecule is CCS(=O)(=O)c1ccccc1NC(CCl)CCOC. The van der Waals surface area contributed by atoms with E-state index < -0.39 is 9.84 Å². The topological polar surface area (TPSA) is 55.4 Å². The van der Waals surface area contributed by atoms with Gasteiger partial charge in [0.05, 0.1) is 16.3 Å². The van der Waals surface area contributed by atoms with Crippen molar-refractivity contribution in [1.82, 2.24) is 0 Å². The molecule has 6 heteroatoms. The Hall–Kier alpha value is -0.780. The molecule has 1 rings (SSSR count). The summed E-state index contributed by atoms with van der Waals surface area (Å²) in [6, 6.07) is 6.88. The maximum absolute atomic E-state index is 12.0. The zero-order valence-electron chi connectivity index (χ0n) is 11.2. The summed E-state index contributed by atoms with van der Waals surface area (Å²) >= 11 is 5.89. The lowest BCUT2D eigenvalue weighted by atomic mass is 10.2. The molecule has 0 aliphatic rings. The third-order valence-electron chi connectivity index (χ3n) is 2.82. The van der Waals surface area contributed by atoms with E-state index in [2.05, 4.69) is 5.32 Å². The van der Waals surface area contributed by atoms with E-state index in [0.29, 0.717) is 23.1 Å². The van der Waals surface area contributed by atoms with Gasteiger partial charge in [-0.3, -0.25) is 0 Å². The Labute approximate surface area is 120 Å². The number of methoxy groups -OCH3 is 1. The first kappa shape index (κ1) is 16.3. The highest BCUT2D eigenvalue weighted by molar-refractivity contribution is 7.91. The predicted octanol–water partition coefficient (Wildman–Crippen LogP) is 2.54. The second kappa shape index (κ2) is 7.72. The van der Waals surface area contributed by atoms with Gasteiger partial charge in [0.15, 0.2) is 9.84 Å². The van der Waals surface area contributed by atoms with Crippen molar-refractivity contribution in [3.05, 3.63) is 24.3 Å². The summed E-state index contributed by atoms with van der Waals surface area (Å²) in [4.78, 5) is 0.324. The van der Waals surface area contributed by atoms with Gasteiger partial charge >= 0.3 is 0 Å². The van der Waals surface area contributed by atoms with E-state index >= 15 is 0 Å². The number of hydrogen-bond donors (Lipinski definition) is 1. The Morgan fingerprint density at radius 2 is 2.05 bits per heavy atom. The maximum Gasteiger partial charge on any atom is 0.180 e. The van der Waals surface area contributed by atoms with Crippen molar-refractivity contribution in [3.63, 3.8) is 0 Å². The Morgan fingerprint density at radius 1 is 1.37 bits per heavy atom. The van der Waals surface area contributed by atoms with E-state index in [1.54, 1.807) is 38.3 Å². The Balaban J connectivity index is 2.94. The van der Waals surface area contributed by atoms with Crippen LogP contribution in [0.5, 0.6) is 0 Å². The second-order valence-electron chi connectivity index (χ2n) is 4.18.